The van der Waals surface area contributed by atoms with Crippen molar-refractivity contribution < 1.29 is 4.79 Å². The average molecular weight is 213 g/mol. The second-order valence-corrected chi connectivity index (χ2v) is 3.11. The van der Waals surface area contributed by atoms with E-state index in [-0.39, 0.29) is 5.91 Å². The van der Waals surface area contributed by atoms with Crippen LogP contribution in [-0.4, -0.2) is 17.4 Å². The van der Waals surface area contributed by atoms with Crippen LogP contribution in [0.2, 0.25) is 0 Å². The number of pyridine rings is 1. The maximum absolute atomic E-state index is 11.5. The molecule has 1 heterocycles. The van der Waals surface area contributed by atoms with Crippen LogP contribution in [-0.2, 0) is 0 Å². The molecule has 1 N–H and O–H groups in total. The number of terminal acetylenes is 1. The van der Waals surface area contributed by atoms with Crippen LogP contribution in [0.5, 0.6) is 0 Å². The van der Waals surface area contributed by atoms with Gasteiger partial charge in [0.1, 0.15) is 11.8 Å². The van der Waals surface area contributed by atoms with Gasteiger partial charge in [-0.2, -0.15) is 5.26 Å². The summed E-state index contributed by atoms with van der Waals surface area (Å²) in [6, 6.07) is 5.02. The molecule has 0 fully saturated rings. The van der Waals surface area contributed by atoms with E-state index in [0.29, 0.717) is 24.2 Å². The molecule has 16 heavy (non-hydrogen) atoms. The van der Waals surface area contributed by atoms with Crippen molar-refractivity contribution in [1.82, 2.24) is 10.3 Å². The summed E-state index contributed by atoms with van der Waals surface area (Å²) in [7, 11) is 0. The Hall–Kier alpha value is -2.33. The highest BCUT2D eigenvalue weighted by Crippen LogP contribution is 1.98. The van der Waals surface area contributed by atoms with Crippen LogP contribution in [0.1, 0.15) is 28.9 Å². The van der Waals surface area contributed by atoms with Crippen LogP contribution in [0.15, 0.2) is 18.3 Å². The normalized spacial score (nSPS) is 8.88. The minimum Gasteiger partial charge on any atom is -0.351 e. The molecule has 1 aromatic rings. The number of nitriles is 1. The zero-order chi connectivity index (χ0) is 11.8. The van der Waals surface area contributed by atoms with Gasteiger partial charge in [-0.05, 0) is 18.6 Å². The SMILES string of the molecule is C#CCCCNC(=O)c1ccc(C#N)cn1. The zero-order valence-corrected chi connectivity index (χ0v) is 8.73. The number of hydrogen-bond donors (Lipinski definition) is 1. The van der Waals surface area contributed by atoms with Crippen LogP contribution >= 0.6 is 0 Å². The first-order valence-electron chi connectivity index (χ1n) is 4.85. The molecular weight excluding hydrogens is 202 g/mol. The molecule has 1 rings (SSSR count). The Labute approximate surface area is 94.3 Å². The van der Waals surface area contributed by atoms with Gasteiger partial charge >= 0.3 is 0 Å². The summed E-state index contributed by atoms with van der Waals surface area (Å²) >= 11 is 0. The lowest BCUT2D eigenvalue weighted by Gasteiger charge is -2.02. The molecule has 0 aliphatic rings. The summed E-state index contributed by atoms with van der Waals surface area (Å²) in [6.07, 6.45) is 7.84. The number of amides is 1. The smallest absolute Gasteiger partial charge is 0.269 e. The summed E-state index contributed by atoms with van der Waals surface area (Å²) in [5.41, 5.74) is 0.739. The van der Waals surface area contributed by atoms with Gasteiger partial charge in [-0.15, -0.1) is 12.3 Å². The number of unbranched alkanes of at least 4 members (excludes halogenated alkanes) is 1. The van der Waals surface area contributed by atoms with Gasteiger partial charge in [-0.25, -0.2) is 4.98 Å². The fourth-order valence-corrected chi connectivity index (χ4v) is 1.08. The summed E-state index contributed by atoms with van der Waals surface area (Å²) in [6.45, 7) is 0.532. The molecule has 0 aliphatic carbocycles. The van der Waals surface area contributed by atoms with Crippen LogP contribution in [0.3, 0.4) is 0 Å². The minimum atomic E-state index is -0.249. The summed E-state index contributed by atoms with van der Waals surface area (Å²) in [5.74, 6) is 2.24. The van der Waals surface area contributed by atoms with E-state index >= 15 is 0 Å². The molecule has 0 spiro atoms. The first-order chi connectivity index (χ1) is 7.77. The predicted octanol–water partition coefficient (Wildman–Crippen LogP) is 1.10. The molecule has 0 radical (unpaired) electrons. The summed E-state index contributed by atoms with van der Waals surface area (Å²) in [4.78, 5) is 15.4. The lowest BCUT2D eigenvalue weighted by atomic mass is 10.2. The van der Waals surface area contributed by atoms with Crippen molar-refractivity contribution >= 4 is 5.91 Å². The minimum absolute atomic E-state index is 0.249. The van der Waals surface area contributed by atoms with Crippen LogP contribution in [0.4, 0.5) is 0 Å². The van der Waals surface area contributed by atoms with Gasteiger partial charge in [0.15, 0.2) is 0 Å². The van der Waals surface area contributed by atoms with Crippen molar-refractivity contribution in [3.63, 3.8) is 0 Å². The number of aromatic nitrogens is 1. The number of nitrogens with zero attached hydrogens (tertiary/aromatic N) is 2. The standard InChI is InChI=1S/C12H11N3O/c1-2-3-4-7-14-12(16)11-6-5-10(8-13)9-15-11/h1,5-6,9H,3-4,7H2,(H,14,16). The monoisotopic (exact) mass is 213 g/mol. The van der Waals surface area contributed by atoms with Gasteiger partial charge in [-0.1, -0.05) is 0 Å². The number of carbonyl (C=O) groups is 1. The highest BCUT2D eigenvalue weighted by atomic mass is 16.1. The summed E-state index contributed by atoms with van der Waals surface area (Å²) in [5, 5.41) is 11.2. The van der Waals surface area contributed by atoms with E-state index in [1.807, 2.05) is 6.07 Å². The van der Waals surface area contributed by atoms with Gasteiger partial charge in [0.05, 0.1) is 5.56 Å². The first kappa shape index (κ1) is 11.7. The highest BCUT2D eigenvalue weighted by Gasteiger charge is 2.05. The van der Waals surface area contributed by atoms with E-state index in [0.717, 1.165) is 6.42 Å². The topological polar surface area (TPSA) is 65.8 Å². The molecule has 0 saturated heterocycles. The lowest BCUT2D eigenvalue weighted by molar-refractivity contribution is 0.0948. The Morgan fingerprint density at radius 1 is 1.56 bits per heavy atom. The number of nitrogens with one attached hydrogen (secondary N) is 1. The van der Waals surface area contributed by atoms with E-state index in [1.165, 1.54) is 12.3 Å². The van der Waals surface area contributed by atoms with E-state index in [9.17, 15) is 4.79 Å². The third kappa shape index (κ3) is 3.43. The maximum atomic E-state index is 11.5. The molecule has 0 atom stereocenters. The summed E-state index contributed by atoms with van der Waals surface area (Å²) < 4.78 is 0. The van der Waals surface area contributed by atoms with E-state index in [1.54, 1.807) is 6.07 Å². The number of carbonyl (C=O) groups excluding carboxylic acids is 1. The molecule has 80 valence electrons. The molecule has 4 heteroatoms. The van der Waals surface area contributed by atoms with Gasteiger partial charge in [0, 0.05) is 19.2 Å². The first-order valence-corrected chi connectivity index (χ1v) is 4.85. The maximum Gasteiger partial charge on any atom is 0.269 e. The van der Waals surface area contributed by atoms with Crippen molar-refractivity contribution in [3.8, 4) is 18.4 Å². The lowest BCUT2D eigenvalue weighted by Crippen LogP contribution is -2.25. The van der Waals surface area contributed by atoms with Crippen LogP contribution < -0.4 is 5.32 Å². The third-order valence-corrected chi connectivity index (χ3v) is 1.91. The molecule has 0 unspecified atom stereocenters. The molecule has 0 saturated carbocycles. The van der Waals surface area contributed by atoms with Crippen LogP contribution in [0.25, 0.3) is 0 Å². The Morgan fingerprint density at radius 2 is 2.38 bits per heavy atom. The van der Waals surface area contributed by atoms with Crippen molar-refractivity contribution in [2.45, 2.75) is 12.8 Å². The van der Waals surface area contributed by atoms with Gasteiger partial charge in [0.25, 0.3) is 5.91 Å². The van der Waals surface area contributed by atoms with E-state index in [4.69, 9.17) is 11.7 Å². The van der Waals surface area contributed by atoms with Gasteiger partial charge < -0.3 is 5.32 Å². The predicted molar refractivity (Wildman–Crippen MR) is 59.4 cm³/mol. The third-order valence-electron chi connectivity index (χ3n) is 1.91. The Bertz CT molecular complexity index is 437. The molecule has 4 nitrogen and oxygen atoms in total. The van der Waals surface area contributed by atoms with Crippen LogP contribution in [0, 0.1) is 23.7 Å². The number of hydrogen-bond acceptors (Lipinski definition) is 3. The van der Waals surface area contributed by atoms with E-state index < -0.39 is 0 Å². The van der Waals surface area contributed by atoms with Crippen molar-refractivity contribution in [1.29, 1.82) is 5.26 Å². The molecule has 0 aliphatic heterocycles. The Morgan fingerprint density at radius 3 is 2.94 bits per heavy atom. The second-order valence-electron chi connectivity index (χ2n) is 3.11. The van der Waals surface area contributed by atoms with Crippen molar-refractivity contribution in [2.75, 3.05) is 6.54 Å². The molecule has 1 amide bonds. The fourth-order valence-electron chi connectivity index (χ4n) is 1.08. The zero-order valence-electron chi connectivity index (χ0n) is 8.73. The van der Waals surface area contributed by atoms with Crippen molar-refractivity contribution in [3.05, 3.63) is 29.6 Å². The number of rotatable bonds is 4. The second kappa shape index (κ2) is 6.21. The molecule has 1 aromatic heterocycles. The molecular formula is C12H11N3O. The Balaban J connectivity index is 2.48. The fraction of sp³-hybridized carbons (Fsp3) is 0.250. The van der Waals surface area contributed by atoms with E-state index in [2.05, 4.69) is 16.2 Å². The quantitative estimate of drug-likeness (QED) is 0.601. The van der Waals surface area contributed by atoms with Crippen molar-refractivity contribution in [2.24, 2.45) is 0 Å². The van der Waals surface area contributed by atoms with Gasteiger partial charge in [0.2, 0.25) is 0 Å². The average Bonchev–Trinajstić information content (AvgIpc) is 2.34. The Kier molecular flexibility index (Phi) is 4.56. The highest BCUT2D eigenvalue weighted by molar-refractivity contribution is 5.92. The van der Waals surface area contributed by atoms with Gasteiger partial charge in [-0.3, -0.25) is 4.79 Å². The largest absolute Gasteiger partial charge is 0.351 e. The molecule has 0 bridgehead atoms. The molecule has 0 aromatic carbocycles.